The lowest BCUT2D eigenvalue weighted by atomic mass is 10.1. The van der Waals surface area contributed by atoms with Crippen molar-refractivity contribution in [1.29, 1.82) is 0 Å². The zero-order valence-electron chi connectivity index (χ0n) is 14.0. The Labute approximate surface area is 162 Å². The highest BCUT2D eigenvalue weighted by Gasteiger charge is 2.52. The number of rotatable bonds is 7. The van der Waals surface area contributed by atoms with E-state index in [0.717, 1.165) is 0 Å². The summed E-state index contributed by atoms with van der Waals surface area (Å²) < 4.78 is 17.8. The summed E-state index contributed by atoms with van der Waals surface area (Å²) in [5.41, 5.74) is 6.40. The molecule has 27 heavy (non-hydrogen) atoms. The molecule has 0 spiro atoms. The average molecular weight is 413 g/mol. The van der Waals surface area contributed by atoms with Gasteiger partial charge in [-0.25, -0.2) is 4.79 Å². The van der Waals surface area contributed by atoms with E-state index in [1.807, 2.05) is 0 Å². The summed E-state index contributed by atoms with van der Waals surface area (Å²) in [4.78, 5) is 36.8. The standard InChI is InChI=1S/C16H16FN3O5S2/c17-5-6-26-11-8-27-15-12(18)14(21)19(15)13(11)16(22)25-7-9-1-3-10(4-2-9)20(23)24/h1-4,12,15H,5-8,18H2/t12-,15-/m1/s1. The number of nitrogens with zero attached hydrogens (tertiary/aromatic N) is 2. The minimum absolute atomic E-state index is 0.0648. The van der Waals surface area contributed by atoms with Gasteiger partial charge in [-0.1, -0.05) is 0 Å². The first-order valence-corrected chi connectivity index (χ1v) is 10.00. The van der Waals surface area contributed by atoms with E-state index in [2.05, 4.69) is 0 Å². The molecule has 144 valence electrons. The molecule has 11 heteroatoms. The summed E-state index contributed by atoms with van der Waals surface area (Å²) in [6.45, 7) is -0.659. The first-order valence-electron chi connectivity index (χ1n) is 7.96. The van der Waals surface area contributed by atoms with E-state index < -0.39 is 23.6 Å². The summed E-state index contributed by atoms with van der Waals surface area (Å²) in [7, 11) is 0. The number of esters is 1. The summed E-state index contributed by atoms with van der Waals surface area (Å²) in [6.07, 6.45) is 0. The van der Waals surface area contributed by atoms with E-state index >= 15 is 0 Å². The first-order chi connectivity index (χ1) is 12.9. The van der Waals surface area contributed by atoms with Gasteiger partial charge in [-0.3, -0.25) is 24.2 Å². The lowest BCUT2D eigenvalue weighted by Gasteiger charge is -2.48. The number of nitro groups is 1. The van der Waals surface area contributed by atoms with E-state index in [9.17, 15) is 24.1 Å². The van der Waals surface area contributed by atoms with Crippen molar-refractivity contribution in [3.05, 3.63) is 50.5 Å². The van der Waals surface area contributed by atoms with Gasteiger partial charge in [0.25, 0.3) is 5.69 Å². The summed E-state index contributed by atoms with van der Waals surface area (Å²) in [5.74, 6) is -0.434. The molecule has 2 aliphatic heterocycles. The van der Waals surface area contributed by atoms with Gasteiger partial charge in [-0.05, 0) is 17.7 Å². The molecule has 1 amide bonds. The second kappa shape index (κ2) is 8.28. The maximum Gasteiger partial charge on any atom is 0.356 e. The topological polar surface area (TPSA) is 116 Å². The zero-order valence-corrected chi connectivity index (χ0v) is 15.6. The number of hydrogen-bond donors (Lipinski definition) is 1. The highest BCUT2D eigenvalue weighted by molar-refractivity contribution is 8.06. The average Bonchev–Trinajstić information content (AvgIpc) is 2.69. The summed E-state index contributed by atoms with van der Waals surface area (Å²) in [5, 5.41) is 10.3. The van der Waals surface area contributed by atoms with Gasteiger partial charge in [0.1, 0.15) is 23.7 Å². The Morgan fingerprint density at radius 3 is 2.78 bits per heavy atom. The molecule has 1 fully saturated rings. The fourth-order valence-corrected chi connectivity index (χ4v) is 5.00. The Balaban J connectivity index is 1.74. The lowest BCUT2D eigenvalue weighted by molar-refractivity contribution is -0.384. The van der Waals surface area contributed by atoms with Gasteiger partial charge >= 0.3 is 5.97 Å². The van der Waals surface area contributed by atoms with Gasteiger partial charge < -0.3 is 10.5 Å². The van der Waals surface area contributed by atoms with Crippen LogP contribution in [0.25, 0.3) is 0 Å². The van der Waals surface area contributed by atoms with E-state index in [4.69, 9.17) is 10.5 Å². The van der Waals surface area contributed by atoms with Crippen molar-refractivity contribution in [3.8, 4) is 0 Å². The number of alkyl halides is 1. The molecule has 0 aromatic heterocycles. The number of β-lactam (4-membered cyclic amide) rings is 1. The minimum atomic E-state index is -0.694. The van der Waals surface area contributed by atoms with Crippen LogP contribution in [-0.2, 0) is 20.9 Å². The molecule has 8 nitrogen and oxygen atoms in total. The molecule has 2 atom stereocenters. The lowest BCUT2D eigenvalue weighted by Crippen LogP contribution is -2.68. The van der Waals surface area contributed by atoms with Crippen LogP contribution in [0, 0.1) is 10.1 Å². The smallest absolute Gasteiger partial charge is 0.356 e. The molecule has 0 bridgehead atoms. The monoisotopic (exact) mass is 413 g/mol. The fourth-order valence-electron chi connectivity index (χ4n) is 2.68. The molecule has 2 aliphatic rings. The van der Waals surface area contributed by atoms with Crippen molar-refractivity contribution in [2.45, 2.75) is 18.0 Å². The van der Waals surface area contributed by atoms with Crippen molar-refractivity contribution in [1.82, 2.24) is 4.90 Å². The molecule has 3 rings (SSSR count). The second-order valence-electron chi connectivity index (χ2n) is 5.74. The molecule has 1 aromatic rings. The van der Waals surface area contributed by atoms with Crippen molar-refractivity contribution in [2.24, 2.45) is 5.73 Å². The normalized spacial score (nSPS) is 21.6. The first kappa shape index (κ1) is 19.6. The van der Waals surface area contributed by atoms with Crippen LogP contribution in [0.15, 0.2) is 34.9 Å². The zero-order chi connectivity index (χ0) is 19.6. The van der Waals surface area contributed by atoms with Crippen LogP contribution in [0.3, 0.4) is 0 Å². The summed E-state index contributed by atoms with van der Waals surface area (Å²) in [6, 6.07) is 4.94. The Bertz CT molecular complexity index is 802. The number of ether oxygens (including phenoxy) is 1. The highest BCUT2D eigenvalue weighted by atomic mass is 32.2. The molecule has 1 aromatic carbocycles. The SMILES string of the molecule is N[C@@H]1C(=O)N2C(C(=O)OCc3ccc([N+](=O)[O-])cc3)=C(SCCF)CS[C@H]12. The number of halogens is 1. The van der Waals surface area contributed by atoms with Gasteiger partial charge in [-0.2, -0.15) is 0 Å². The molecule has 0 radical (unpaired) electrons. The number of hydrogen-bond acceptors (Lipinski definition) is 8. The number of nitro benzene ring substituents is 1. The maximum absolute atomic E-state index is 12.6. The van der Waals surface area contributed by atoms with Crippen molar-refractivity contribution >= 4 is 41.1 Å². The molecule has 2 N–H and O–H groups in total. The van der Waals surface area contributed by atoms with Gasteiger partial charge in [0, 0.05) is 28.5 Å². The van der Waals surface area contributed by atoms with E-state index in [0.29, 0.717) is 16.2 Å². The number of nitrogens with two attached hydrogens (primary N) is 1. The minimum Gasteiger partial charge on any atom is -0.456 e. The predicted molar refractivity (Wildman–Crippen MR) is 99.4 cm³/mol. The third-order valence-electron chi connectivity index (χ3n) is 4.04. The quantitative estimate of drug-likeness (QED) is 0.311. The van der Waals surface area contributed by atoms with Crippen LogP contribution in [0.1, 0.15) is 5.56 Å². The van der Waals surface area contributed by atoms with Crippen molar-refractivity contribution in [3.63, 3.8) is 0 Å². The second-order valence-corrected chi connectivity index (χ2v) is 8.04. The molecule has 2 heterocycles. The Morgan fingerprint density at radius 1 is 1.44 bits per heavy atom. The Hall–Kier alpha value is -2.11. The number of fused-ring (bicyclic) bond motifs is 1. The van der Waals surface area contributed by atoms with Crippen LogP contribution < -0.4 is 5.73 Å². The summed E-state index contributed by atoms with van der Waals surface area (Å²) >= 11 is 2.61. The Morgan fingerprint density at radius 2 is 2.15 bits per heavy atom. The van der Waals surface area contributed by atoms with E-state index in [1.54, 1.807) is 0 Å². The van der Waals surface area contributed by atoms with E-state index in [-0.39, 0.29) is 35.0 Å². The Kier molecular flexibility index (Phi) is 6.02. The largest absolute Gasteiger partial charge is 0.456 e. The van der Waals surface area contributed by atoms with E-state index in [1.165, 1.54) is 52.7 Å². The highest BCUT2D eigenvalue weighted by Crippen LogP contribution is 2.43. The van der Waals surface area contributed by atoms with Gasteiger partial charge in [-0.15, -0.1) is 23.5 Å². The van der Waals surface area contributed by atoms with Gasteiger partial charge in [0.15, 0.2) is 0 Å². The molecule has 0 saturated carbocycles. The van der Waals surface area contributed by atoms with Crippen LogP contribution >= 0.6 is 23.5 Å². The molecule has 1 saturated heterocycles. The van der Waals surface area contributed by atoms with Crippen LogP contribution in [-0.4, -0.2) is 51.3 Å². The number of carbonyl (C=O) groups is 2. The molecular weight excluding hydrogens is 397 g/mol. The fraction of sp³-hybridized carbons (Fsp3) is 0.375. The number of carbonyl (C=O) groups excluding carboxylic acids is 2. The number of non-ortho nitro benzene ring substituents is 1. The number of amides is 1. The number of benzene rings is 1. The molecule has 0 unspecified atom stereocenters. The number of thioether (sulfide) groups is 2. The van der Waals surface area contributed by atoms with Gasteiger partial charge in [0.2, 0.25) is 5.91 Å². The van der Waals surface area contributed by atoms with Crippen LogP contribution in [0.4, 0.5) is 10.1 Å². The predicted octanol–water partition coefficient (Wildman–Crippen LogP) is 1.79. The maximum atomic E-state index is 12.6. The van der Waals surface area contributed by atoms with Crippen molar-refractivity contribution in [2.75, 3.05) is 18.2 Å². The van der Waals surface area contributed by atoms with Crippen molar-refractivity contribution < 1.29 is 23.6 Å². The third kappa shape index (κ3) is 3.94. The van der Waals surface area contributed by atoms with Crippen LogP contribution in [0.5, 0.6) is 0 Å². The molecule has 0 aliphatic carbocycles. The third-order valence-corrected chi connectivity index (χ3v) is 6.57. The molecular formula is C16H16FN3O5S2. The van der Waals surface area contributed by atoms with Gasteiger partial charge in [0.05, 0.1) is 11.6 Å². The van der Waals surface area contributed by atoms with Crippen LogP contribution in [0.2, 0.25) is 0 Å².